The molecule has 0 bridgehead atoms. The Bertz CT molecular complexity index is 841. The molecule has 0 aliphatic carbocycles. The van der Waals surface area contributed by atoms with E-state index in [1.165, 1.54) is 0 Å². The summed E-state index contributed by atoms with van der Waals surface area (Å²) in [5.41, 5.74) is 2.22. The highest BCUT2D eigenvalue weighted by molar-refractivity contribution is 5.89. The van der Waals surface area contributed by atoms with Crippen LogP contribution in [-0.2, 0) is 6.54 Å². The van der Waals surface area contributed by atoms with Gasteiger partial charge in [-0.1, -0.05) is 30.3 Å². The van der Waals surface area contributed by atoms with Crippen LogP contribution in [0.5, 0.6) is 5.75 Å². The second-order valence-electron chi connectivity index (χ2n) is 5.20. The Hall–Kier alpha value is -3.01. The number of anilines is 1. The smallest absolute Gasteiger partial charge is 0.335 e. The number of nitrogens with one attached hydrogen (secondary N) is 1. The van der Waals surface area contributed by atoms with Gasteiger partial charge in [-0.05, 0) is 41.1 Å². The minimum Gasteiger partial charge on any atom is -0.496 e. The molecule has 0 unspecified atom stereocenters. The zero-order chi connectivity index (χ0) is 16.2. The molecule has 0 aliphatic rings. The average molecular weight is 307 g/mol. The number of ether oxygens (including phenoxy) is 1. The molecular formula is C19H17NO3. The van der Waals surface area contributed by atoms with Crippen LogP contribution in [0.2, 0.25) is 0 Å². The number of hydrogen-bond acceptors (Lipinski definition) is 3. The van der Waals surface area contributed by atoms with Gasteiger partial charge in [-0.3, -0.25) is 0 Å². The third kappa shape index (κ3) is 3.11. The maximum absolute atomic E-state index is 10.9. The summed E-state index contributed by atoms with van der Waals surface area (Å²) in [6.07, 6.45) is 0. The van der Waals surface area contributed by atoms with Crippen molar-refractivity contribution in [1.29, 1.82) is 0 Å². The van der Waals surface area contributed by atoms with Crippen molar-refractivity contribution in [3.05, 3.63) is 71.8 Å². The summed E-state index contributed by atoms with van der Waals surface area (Å²) in [5.74, 6) is -0.0920. The van der Waals surface area contributed by atoms with Crippen LogP contribution < -0.4 is 10.1 Å². The number of fused-ring (bicyclic) bond motifs is 1. The van der Waals surface area contributed by atoms with Gasteiger partial charge in [0.2, 0.25) is 0 Å². The van der Waals surface area contributed by atoms with E-state index in [2.05, 4.69) is 17.4 Å². The Morgan fingerprint density at radius 2 is 1.78 bits per heavy atom. The zero-order valence-corrected chi connectivity index (χ0v) is 12.7. The third-order valence-corrected chi connectivity index (χ3v) is 3.82. The van der Waals surface area contributed by atoms with Crippen LogP contribution in [0.3, 0.4) is 0 Å². The van der Waals surface area contributed by atoms with Gasteiger partial charge in [-0.25, -0.2) is 4.79 Å². The number of carboxylic acid groups (broad SMARTS) is 1. The Balaban J connectivity index is 1.87. The normalized spacial score (nSPS) is 10.5. The fourth-order valence-electron chi connectivity index (χ4n) is 2.61. The quantitative estimate of drug-likeness (QED) is 0.743. The molecule has 0 aliphatic heterocycles. The molecule has 0 radical (unpaired) electrons. The van der Waals surface area contributed by atoms with Crippen LogP contribution in [0.15, 0.2) is 60.7 Å². The minimum atomic E-state index is -0.924. The lowest BCUT2D eigenvalue weighted by Gasteiger charge is -2.14. The lowest BCUT2D eigenvalue weighted by atomic mass is 10.0. The van der Waals surface area contributed by atoms with Crippen molar-refractivity contribution >= 4 is 22.4 Å². The van der Waals surface area contributed by atoms with E-state index < -0.39 is 5.97 Å². The summed E-state index contributed by atoms with van der Waals surface area (Å²) in [6.45, 7) is 0.594. The molecule has 0 amide bonds. The molecular weight excluding hydrogens is 290 g/mol. The number of carbonyl (C=O) groups is 1. The second kappa shape index (κ2) is 6.40. The van der Waals surface area contributed by atoms with Crippen molar-refractivity contribution in [2.75, 3.05) is 12.4 Å². The van der Waals surface area contributed by atoms with E-state index in [0.717, 1.165) is 27.8 Å². The highest BCUT2D eigenvalue weighted by Gasteiger charge is 2.08. The molecule has 116 valence electrons. The topological polar surface area (TPSA) is 58.6 Å². The van der Waals surface area contributed by atoms with Gasteiger partial charge in [-0.2, -0.15) is 0 Å². The summed E-state index contributed by atoms with van der Waals surface area (Å²) in [5, 5.41) is 14.6. The van der Waals surface area contributed by atoms with Crippen molar-refractivity contribution in [3.8, 4) is 5.75 Å². The molecule has 4 nitrogen and oxygen atoms in total. The Morgan fingerprint density at radius 1 is 1.04 bits per heavy atom. The second-order valence-corrected chi connectivity index (χ2v) is 5.20. The van der Waals surface area contributed by atoms with Crippen LogP contribution in [0, 0.1) is 0 Å². The summed E-state index contributed by atoms with van der Waals surface area (Å²) in [7, 11) is 1.66. The van der Waals surface area contributed by atoms with Crippen LogP contribution in [0.25, 0.3) is 10.8 Å². The zero-order valence-electron chi connectivity index (χ0n) is 12.7. The van der Waals surface area contributed by atoms with Gasteiger partial charge in [0.1, 0.15) is 5.75 Å². The number of hydrogen-bond donors (Lipinski definition) is 2. The molecule has 0 heterocycles. The van der Waals surface area contributed by atoms with Gasteiger partial charge in [0.25, 0.3) is 0 Å². The van der Waals surface area contributed by atoms with Gasteiger partial charge < -0.3 is 15.2 Å². The highest BCUT2D eigenvalue weighted by atomic mass is 16.5. The largest absolute Gasteiger partial charge is 0.496 e. The summed E-state index contributed by atoms with van der Waals surface area (Å²) >= 11 is 0. The molecule has 0 aromatic heterocycles. The average Bonchev–Trinajstić information content (AvgIpc) is 2.59. The van der Waals surface area contributed by atoms with Gasteiger partial charge in [0, 0.05) is 17.8 Å². The molecule has 0 saturated carbocycles. The molecule has 0 fully saturated rings. The van der Waals surface area contributed by atoms with Gasteiger partial charge in [-0.15, -0.1) is 0 Å². The first-order valence-corrected chi connectivity index (χ1v) is 7.31. The fourth-order valence-corrected chi connectivity index (χ4v) is 2.61. The van der Waals surface area contributed by atoms with Crippen LogP contribution in [0.4, 0.5) is 5.69 Å². The molecule has 23 heavy (non-hydrogen) atoms. The summed E-state index contributed by atoms with van der Waals surface area (Å²) in [4.78, 5) is 10.9. The SMILES string of the molecule is COc1ccc2ccccc2c1CNc1ccc(C(=O)O)cc1. The van der Waals surface area contributed by atoms with Crippen molar-refractivity contribution < 1.29 is 14.6 Å². The molecule has 0 spiro atoms. The molecule has 3 aromatic carbocycles. The third-order valence-electron chi connectivity index (χ3n) is 3.82. The highest BCUT2D eigenvalue weighted by Crippen LogP contribution is 2.28. The summed E-state index contributed by atoms with van der Waals surface area (Å²) < 4.78 is 5.47. The van der Waals surface area contributed by atoms with Crippen molar-refractivity contribution in [1.82, 2.24) is 0 Å². The lowest BCUT2D eigenvalue weighted by Crippen LogP contribution is -2.03. The first kappa shape index (κ1) is 14.9. The van der Waals surface area contributed by atoms with Crippen molar-refractivity contribution in [2.24, 2.45) is 0 Å². The number of benzene rings is 3. The number of carboxylic acids is 1. The van der Waals surface area contributed by atoms with E-state index in [1.54, 1.807) is 31.4 Å². The van der Waals surface area contributed by atoms with Crippen LogP contribution in [0.1, 0.15) is 15.9 Å². The molecule has 3 aromatic rings. The number of aromatic carboxylic acids is 1. The fraction of sp³-hybridized carbons (Fsp3) is 0.105. The molecule has 0 atom stereocenters. The van der Waals surface area contributed by atoms with E-state index in [-0.39, 0.29) is 5.56 Å². The standard InChI is InChI=1S/C19H17NO3/c1-23-18-11-8-13-4-2-3-5-16(13)17(18)12-20-15-9-6-14(7-10-15)19(21)22/h2-11,20H,12H2,1H3,(H,21,22). The maximum Gasteiger partial charge on any atom is 0.335 e. The number of methoxy groups -OCH3 is 1. The monoisotopic (exact) mass is 307 g/mol. The predicted octanol–water partition coefficient (Wildman–Crippen LogP) is 4.16. The van der Waals surface area contributed by atoms with Crippen molar-refractivity contribution in [3.63, 3.8) is 0 Å². The van der Waals surface area contributed by atoms with Crippen molar-refractivity contribution in [2.45, 2.75) is 6.54 Å². The summed E-state index contributed by atoms with van der Waals surface area (Å²) in [6, 6.07) is 18.9. The molecule has 0 saturated heterocycles. The lowest BCUT2D eigenvalue weighted by molar-refractivity contribution is 0.0697. The van der Waals surface area contributed by atoms with Crippen LogP contribution >= 0.6 is 0 Å². The Kier molecular flexibility index (Phi) is 4.15. The molecule has 2 N–H and O–H groups in total. The van der Waals surface area contributed by atoms with Crippen LogP contribution in [-0.4, -0.2) is 18.2 Å². The first-order chi connectivity index (χ1) is 11.2. The first-order valence-electron chi connectivity index (χ1n) is 7.31. The van der Waals surface area contributed by atoms with Gasteiger partial charge >= 0.3 is 5.97 Å². The van der Waals surface area contributed by atoms with E-state index in [4.69, 9.17) is 9.84 Å². The van der Waals surface area contributed by atoms with E-state index in [1.807, 2.05) is 24.3 Å². The molecule has 3 rings (SSSR count). The molecule has 4 heteroatoms. The van der Waals surface area contributed by atoms with E-state index in [0.29, 0.717) is 6.54 Å². The predicted molar refractivity (Wildman–Crippen MR) is 91.2 cm³/mol. The maximum atomic E-state index is 10.9. The van der Waals surface area contributed by atoms with E-state index >= 15 is 0 Å². The van der Waals surface area contributed by atoms with Gasteiger partial charge in [0.15, 0.2) is 0 Å². The number of rotatable bonds is 5. The van der Waals surface area contributed by atoms with E-state index in [9.17, 15) is 4.79 Å². The Labute approximate surface area is 134 Å². The minimum absolute atomic E-state index is 0.276. The Morgan fingerprint density at radius 3 is 2.48 bits per heavy atom. The van der Waals surface area contributed by atoms with Gasteiger partial charge in [0.05, 0.1) is 12.7 Å².